The van der Waals surface area contributed by atoms with Crippen LogP contribution in [-0.2, 0) is 0 Å². The van der Waals surface area contributed by atoms with Gasteiger partial charge >= 0.3 is 0 Å². The van der Waals surface area contributed by atoms with Crippen LogP contribution < -0.4 is 5.56 Å². The number of nitrogens with zero attached hydrogens (tertiary/aromatic N) is 2. The highest BCUT2D eigenvalue weighted by Gasteiger charge is 2.24. The summed E-state index contributed by atoms with van der Waals surface area (Å²) >= 11 is 0. The summed E-state index contributed by atoms with van der Waals surface area (Å²) in [6, 6.07) is 10.0. The van der Waals surface area contributed by atoms with E-state index in [0.717, 1.165) is 38.6 Å². The number of nitrogens with one attached hydrogen (secondary N) is 2. The Morgan fingerprint density at radius 1 is 1.03 bits per heavy atom. The van der Waals surface area contributed by atoms with Crippen LogP contribution in [0.25, 0.3) is 33.1 Å². The Kier molecular flexibility index (Phi) is 4.16. The Bertz CT molecular complexity index is 1310. The highest BCUT2D eigenvalue weighted by Crippen LogP contribution is 2.34. The summed E-state index contributed by atoms with van der Waals surface area (Å²) in [5, 5.41) is 9.62. The van der Waals surface area contributed by atoms with Gasteiger partial charge in [0.05, 0.1) is 11.0 Å². The van der Waals surface area contributed by atoms with Crippen molar-refractivity contribution in [2.24, 2.45) is 11.8 Å². The molecular formula is C24H22N4O. The minimum atomic E-state index is -0.0200. The number of rotatable bonds is 3. The van der Waals surface area contributed by atoms with Gasteiger partial charge in [-0.15, -0.1) is 0 Å². The molecule has 144 valence electrons. The van der Waals surface area contributed by atoms with Crippen molar-refractivity contribution in [3.05, 3.63) is 82.9 Å². The molecular weight excluding hydrogens is 360 g/mol. The van der Waals surface area contributed by atoms with Crippen LogP contribution >= 0.6 is 0 Å². The average molecular weight is 382 g/mol. The molecule has 5 heteroatoms. The molecule has 2 N–H and O–H groups in total. The minimum Gasteiger partial charge on any atom is -0.322 e. The van der Waals surface area contributed by atoms with Crippen LogP contribution in [0.15, 0.2) is 71.8 Å². The average Bonchev–Trinajstić information content (AvgIpc) is 3.15. The standard InChI is InChI=1S/C24H22N4O/c1-14-5-3-4-6-18(14)15(2)19-11-17-12-20-22(13-21(17)26-24(19)29)27-28-23(20)16-7-9-25-10-8-16/h3-15,18H,1-2H3,(H,26,29)(H,27,28). The molecule has 3 aromatic heterocycles. The molecule has 0 bridgehead atoms. The molecule has 0 spiro atoms. The van der Waals surface area contributed by atoms with Crippen LogP contribution in [0.5, 0.6) is 0 Å². The lowest BCUT2D eigenvalue weighted by molar-refractivity contribution is 0.434. The van der Waals surface area contributed by atoms with Crippen LogP contribution in [0.2, 0.25) is 0 Å². The van der Waals surface area contributed by atoms with Gasteiger partial charge in [-0.1, -0.05) is 38.2 Å². The summed E-state index contributed by atoms with van der Waals surface area (Å²) in [4.78, 5) is 20.0. The minimum absolute atomic E-state index is 0.0200. The van der Waals surface area contributed by atoms with E-state index in [1.807, 2.05) is 24.3 Å². The molecule has 0 saturated heterocycles. The van der Waals surface area contributed by atoms with E-state index in [0.29, 0.717) is 11.8 Å². The van der Waals surface area contributed by atoms with Crippen molar-refractivity contribution in [2.75, 3.05) is 0 Å². The maximum Gasteiger partial charge on any atom is 0.251 e. The Hall–Kier alpha value is -3.47. The molecule has 3 heterocycles. The molecule has 4 aromatic rings. The number of aromatic nitrogens is 4. The summed E-state index contributed by atoms with van der Waals surface area (Å²) < 4.78 is 0. The van der Waals surface area contributed by atoms with Gasteiger partial charge in [0.25, 0.3) is 5.56 Å². The molecule has 1 aromatic carbocycles. The first-order valence-corrected chi connectivity index (χ1v) is 9.92. The van der Waals surface area contributed by atoms with Crippen LogP contribution in [0.3, 0.4) is 0 Å². The molecule has 0 saturated carbocycles. The highest BCUT2D eigenvalue weighted by atomic mass is 16.1. The normalized spacial score (nSPS) is 19.8. The van der Waals surface area contributed by atoms with Crippen molar-refractivity contribution in [3.8, 4) is 11.3 Å². The van der Waals surface area contributed by atoms with E-state index in [2.05, 4.69) is 64.4 Å². The van der Waals surface area contributed by atoms with Gasteiger partial charge < -0.3 is 4.98 Å². The van der Waals surface area contributed by atoms with E-state index in [4.69, 9.17) is 0 Å². The second kappa shape index (κ2) is 6.85. The van der Waals surface area contributed by atoms with Crippen molar-refractivity contribution < 1.29 is 0 Å². The van der Waals surface area contributed by atoms with Gasteiger partial charge in [-0.3, -0.25) is 14.9 Å². The van der Waals surface area contributed by atoms with Gasteiger partial charge in [0, 0.05) is 28.9 Å². The molecule has 0 aliphatic heterocycles. The zero-order chi connectivity index (χ0) is 20.0. The van der Waals surface area contributed by atoms with E-state index in [-0.39, 0.29) is 11.5 Å². The smallest absolute Gasteiger partial charge is 0.251 e. The van der Waals surface area contributed by atoms with Crippen molar-refractivity contribution in [1.82, 2.24) is 20.2 Å². The van der Waals surface area contributed by atoms with E-state index >= 15 is 0 Å². The molecule has 0 fully saturated rings. The number of hydrogen-bond acceptors (Lipinski definition) is 3. The molecule has 1 aliphatic carbocycles. The van der Waals surface area contributed by atoms with Gasteiger partial charge in [0.2, 0.25) is 0 Å². The predicted molar refractivity (Wildman–Crippen MR) is 117 cm³/mol. The van der Waals surface area contributed by atoms with Gasteiger partial charge in [0.1, 0.15) is 5.69 Å². The fourth-order valence-electron chi connectivity index (χ4n) is 4.37. The van der Waals surface area contributed by atoms with Crippen molar-refractivity contribution in [2.45, 2.75) is 19.8 Å². The highest BCUT2D eigenvalue weighted by molar-refractivity contribution is 6.01. The first-order chi connectivity index (χ1) is 14.1. The number of H-pyrrole nitrogens is 2. The molecule has 0 radical (unpaired) electrons. The van der Waals surface area contributed by atoms with E-state index in [1.165, 1.54) is 0 Å². The lowest BCUT2D eigenvalue weighted by atomic mass is 9.78. The van der Waals surface area contributed by atoms with E-state index in [9.17, 15) is 4.79 Å². The number of allylic oxidation sites excluding steroid dienone is 4. The molecule has 3 atom stereocenters. The van der Waals surface area contributed by atoms with Crippen molar-refractivity contribution >= 4 is 21.8 Å². The van der Waals surface area contributed by atoms with E-state index < -0.39 is 0 Å². The van der Waals surface area contributed by atoms with Gasteiger partial charge in [-0.25, -0.2) is 0 Å². The molecule has 1 aliphatic rings. The zero-order valence-electron chi connectivity index (χ0n) is 16.4. The summed E-state index contributed by atoms with van der Waals surface area (Å²) in [5.41, 5.74) is 4.41. The molecule has 0 amide bonds. The third-order valence-electron chi connectivity index (χ3n) is 6.04. The Labute approximate surface area is 168 Å². The van der Waals surface area contributed by atoms with Crippen molar-refractivity contribution in [3.63, 3.8) is 0 Å². The monoisotopic (exact) mass is 382 g/mol. The SMILES string of the molecule is CC1C=CC=CC1C(C)c1cc2cc3c(-c4ccncc4)n[nH]c3cc2[nH]c1=O. The quantitative estimate of drug-likeness (QED) is 0.526. The van der Waals surface area contributed by atoms with Crippen LogP contribution in [-0.4, -0.2) is 20.2 Å². The van der Waals surface area contributed by atoms with Gasteiger partial charge in [0.15, 0.2) is 0 Å². The van der Waals surface area contributed by atoms with Crippen molar-refractivity contribution in [1.29, 1.82) is 0 Å². The lowest BCUT2D eigenvalue weighted by Crippen LogP contribution is -2.23. The first-order valence-electron chi connectivity index (χ1n) is 9.92. The summed E-state index contributed by atoms with van der Waals surface area (Å²) in [5.74, 6) is 0.836. The van der Waals surface area contributed by atoms with E-state index in [1.54, 1.807) is 12.4 Å². The fraction of sp³-hybridized carbons (Fsp3) is 0.208. The maximum atomic E-state index is 12.9. The Balaban J connectivity index is 1.65. The summed E-state index contributed by atoms with van der Waals surface area (Å²) in [7, 11) is 0. The number of pyridine rings is 2. The second-order valence-corrected chi connectivity index (χ2v) is 7.84. The maximum absolute atomic E-state index is 12.9. The number of aromatic amines is 2. The van der Waals surface area contributed by atoms with Crippen LogP contribution in [0.4, 0.5) is 0 Å². The molecule has 5 rings (SSSR count). The lowest BCUT2D eigenvalue weighted by Gasteiger charge is -2.26. The molecule has 3 unspecified atom stereocenters. The number of fused-ring (bicyclic) bond motifs is 2. The Morgan fingerprint density at radius 3 is 2.62 bits per heavy atom. The van der Waals surface area contributed by atoms with Crippen LogP contribution in [0, 0.1) is 11.8 Å². The van der Waals surface area contributed by atoms with Gasteiger partial charge in [-0.05, 0) is 53.5 Å². The largest absolute Gasteiger partial charge is 0.322 e. The predicted octanol–water partition coefficient (Wildman–Crippen LogP) is 4.95. The number of benzene rings is 1. The summed E-state index contributed by atoms with van der Waals surface area (Å²) in [6.07, 6.45) is 12.1. The third kappa shape index (κ3) is 2.99. The fourth-order valence-corrected chi connectivity index (χ4v) is 4.37. The molecule has 5 nitrogen and oxygen atoms in total. The zero-order valence-corrected chi connectivity index (χ0v) is 16.4. The third-order valence-corrected chi connectivity index (χ3v) is 6.04. The summed E-state index contributed by atoms with van der Waals surface area (Å²) in [6.45, 7) is 4.34. The topological polar surface area (TPSA) is 74.4 Å². The van der Waals surface area contributed by atoms with Crippen LogP contribution in [0.1, 0.15) is 25.3 Å². The molecule has 29 heavy (non-hydrogen) atoms. The number of hydrogen-bond donors (Lipinski definition) is 2. The van der Waals surface area contributed by atoms with Gasteiger partial charge in [-0.2, -0.15) is 5.10 Å². The first kappa shape index (κ1) is 17.6. The Morgan fingerprint density at radius 2 is 1.83 bits per heavy atom. The second-order valence-electron chi connectivity index (χ2n) is 7.84.